The van der Waals surface area contributed by atoms with E-state index in [1.807, 2.05) is 19.9 Å². The van der Waals surface area contributed by atoms with Gasteiger partial charge in [0, 0.05) is 13.1 Å². The van der Waals surface area contributed by atoms with Crippen LogP contribution in [-0.4, -0.2) is 35.1 Å². The Morgan fingerprint density at radius 1 is 1.50 bits per heavy atom. The first-order chi connectivity index (χ1) is 9.45. The Balaban J connectivity index is 2.24. The van der Waals surface area contributed by atoms with Crippen LogP contribution in [0.3, 0.4) is 0 Å². The normalized spacial score (nSPS) is 19.5. The predicted octanol–water partition coefficient (Wildman–Crippen LogP) is 1.82. The highest BCUT2D eigenvalue weighted by molar-refractivity contribution is 5.87. The maximum absolute atomic E-state index is 12.7. The maximum atomic E-state index is 12.7. The largest absolute Gasteiger partial charge is 0.391 e. The Hall–Kier alpha value is -1.86. The summed E-state index contributed by atoms with van der Waals surface area (Å²) in [5, 5.41) is 18.7. The molecule has 106 valence electrons. The zero-order valence-corrected chi connectivity index (χ0v) is 12.0. The van der Waals surface area contributed by atoms with Gasteiger partial charge in [-0.15, -0.1) is 0 Å². The van der Waals surface area contributed by atoms with E-state index >= 15 is 0 Å². The van der Waals surface area contributed by atoms with Gasteiger partial charge in [0.2, 0.25) is 5.91 Å². The number of carbonyl (C=O) groups excluding carboxylic acids is 1. The molecule has 20 heavy (non-hydrogen) atoms. The van der Waals surface area contributed by atoms with E-state index in [4.69, 9.17) is 5.26 Å². The van der Waals surface area contributed by atoms with E-state index in [0.29, 0.717) is 18.7 Å². The lowest BCUT2D eigenvalue weighted by Gasteiger charge is -2.36. The fraction of sp³-hybridized carbons (Fsp3) is 0.500. The molecule has 4 heteroatoms. The number of aliphatic hydroxyl groups excluding tert-OH is 1. The minimum Gasteiger partial charge on any atom is -0.391 e. The van der Waals surface area contributed by atoms with Gasteiger partial charge in [0.1, 0.15) is 0 Å². The maximum Gasteiger partial charge on any atom is 0.232 e. The predicted molar refractivity (Wildman–Crippen MR) is 76.0 cm³/mol. The first kappa shape index (κ1) is 14.5. The lowest BCUT2D eigenvalue weighted by Crippen LogP contribution is -2.49. The van der Waals surface area contributed by atoms with E-state index < -0.39 is 11.5 Å². The zero-order chi connectivity index (χ0) is 14.8. The molecular formula is C16H20N2O2. The number of carbonyl (C=O) groups is 1. The van der Waals surface area contributed by atoms with Crippen molar-refractivity contribution in [3.63, 3.8) is 0 Å². The Morgan fingerprint density at radius 2 is 2.25 bits per heavy atom. The zero-order valence-electron chi connectivity index (χ0n) is 12.0. The number of piperidine rings is 1. The molecule has 0 radical (unpaired) electrons. The molecule has 1 aliphatic heterocycles. The monoisotopic (exact) mass is 272 g/mol. The van der Waals surface area contributed by atoms with Crippen LogP contribution in [0.15, 0.2) is 24.3 Å². The molecule has 0 aromatic heterocycles. The lowest BCUT2D eigenvalue weighted by atomic mass is 9.82. The fourth-order valence-electron chi connectivity index (χ4n) is 2.64. The number of nitriles is 1. The van der Waals surface area contributed by atoms with Crippen molar-refractivity contribution in [2.75, 3.05) is 13.1 Å². The molecule has 1 atom stereocenters. The van der Waals surface area contributed by atoms with Gasteiger partial charge in [0.25, 0.3) is 0 Å². The molecule has 0 spiro atoms. The van der Waals surface area contributed by atoms with Gasteiger partial charge in [0.15, 0.2) is 0 Å². The van der Waals surface area contributed by atoms with Crippen molar-refractivity contribution in [1.82, 2.24) is 4.90 Å². The number of likely N-dealkylation sites (tertiary alicyclic amines) is 1. The van der Waals surface area contributed by atoms with Crippen LogP contribution in [0, 0.1) is 11.3 Å². The average Bonchev–Trinajstić information content (AvgIpc) is 2.46. The van der Waals surface area contributed by atoms with Crippen molar-refractivity contribution >= 4 is 5.91 Å². The number of nitrogens with zero attached hydrogens (tertiary/aromatic N) is 2. The van der Waals surface area contributed by atoms with Crippen LogP contribution in [0.1, 0.15) is 37.8 Å². The van der Waals surface area contributed by atoms with Crippen LogP contribution >= 0.6 is 0 Å². The fourth-order valence-corrected chi connectivity index (χ4v) is 2.64. The summed E-state index contributed by atoms with van der Waals surface area (Å²) in [6.07, 6.45) is 1.17. The van der Waals surface area contributed by atoms with Crippen molar-refractivity contribution in [3.8, 4) is 6.07 Å². The number of rotatable bonds is 2. The molecule has 1 amide bonds. The smallest absolute Gasteiger partial charge is 0.232 e. The van der Waals surface area contributed by atoms with E-state index in [2.05, 4.69) is 6.07 Å². The molecule has 1 saturated heterocycles. The Labute approximate surface area is 119 Å². The third-order valence-corrected chi connectivity index (χ3v) is 3.93. The highest BCUT2D eigenvalue weighted by Crippen LogP contribution is 2.27. The lowest BCUT2D eigenvalue weighted by molar-refractivity contribution is -0.139. The van der Waals surface area contributed by atoms with Crippen molar-refractivity contribution in [2.45, 2.75) is 38.2 Å². The molecule has 1 heterocycles. The van der Waals surface area contributed by atoms with Crippen molar-refractivity contribution in [1.29, 1.82) is 5.26 Å². The highest BCUT2D eigenvalue weighted by Gasteiger charge is 2.35. The van der Waals surface area contributed by atoms with Gasteiger partial charge in [-0.1, -0.05) is 12.1 Å². The second-order valence-electron chi connectivity index (χ2n) is 5.86. The van der Waals surface area contributed by atoms with Gasteiger partial charge in [-0.3, -0.25) is 4.79 Å². The molecule has 1 fully saturated rings. The third-order valence-electron chi connectivity index (χ3n) is 3.93. The summed E-state index contributed by atoms with van der Waals surface area (Å²) in [6.45, 7) is 4.83. The van der Waals surface area contributed by atoms with Crippen LogP contribution in [0.25, 0.3) is 0 Å². The molecule has 4 nitrogen and oxygen atoms in total. The molecule has 0 bridgehead atoms. The van der Waals surface area contributed by atoms with Gasteiger partial charge in [-0.25, -0.2) is 0 Å². The van der Waals surface area contributed by atoms with E-state index in [9.17, 15) is 9.90 Å². The molecular weight excluding hydrogens is 252 g/mol. The van der Waals surface area contributed by atoms with Gasteiger partial charge in [0.05, 0.1) is 23.2 Å². The molecule has 2 rings (SSSR count). The molecule has 1 aliphatic rings. The summed E-state index contributed by atoms with van der Waals surface area (Å²) in [5.74, 6) is 0.00587. The topological polar surface area (TPSA) is 64.3 Å². The molecule has 0 saturated carbocycles. The number of hydrogen-bond acceptors (Lipinski definition) is 3. The summed E-state index contributed by atoms with van der Waals surface area (Å²) < 4.78 is 0. The molecule has 1 aromatic carbocycles. The standard InChI is InChI=1S/C16H20N2O2/c1-16(2,13-6-3-5-12(9-13)10-17)15(20)18-8-4-7-14(19)11-18/h3,5-6,9,14,19H,4,7-8,11H2,1-2H3. The van der Waals surface area contributed by atoms with Crippen LogP contribution in [0.2, 0.25) is 0 Å². The van der Waals surface area contributed by atoms with E-state index in [1.165, 1.54) is 0 Å². The second-order valence-corrected chi connectivity index (χ2v) is 5.86. The Morgan fingerprint density at radius 3 is 2.90 bits per heavy atom. The van der Waals surface area contributed by atoms with Gasteiger partial charge in [-0.2, -0.15) is 5.26 Å². The first-order valence-corrected chi connectivity index (χ1v) is 6.93. The number of benzene rings is 1. The molecule has 0 aliphatic carbocycles. The summed E-state index contributed by atoms with van der Waals surface area (Å²) in [4.78, 5) is 14.4. The minimum atomic E-state index is -0.691. The van der Waals surface area contributed by atoms with E-state index in [-0.39, 0.29) is 5.91 Å². The molecule has 1 aromatic rings. The Bertz CT molecular complexity index is 546. The SMILES string of the molecule is CC(C)(C(=O)N1CCCC(O)C1)c1cccc(C#N)c1. The van der Waals surface area contributed by atoms with Crippen LogP contribution in [0.5, 0.6) is 0 Å². The minimum absolute atomic E-state index is 0.00587. The Kier molecular flexibility index (Phi) is 4.10. The van der Waals surface area contributed by atoms with Crippen LogP contribution in [0.4, 0.5) is 0 Å². The van der Waals surface area contributed by atoms with Crippen molar-refractivity contribution in [3.05, 3.63) is 35.4 Å². The molecule has 1 unspecified atom stereocenters. The average molecular weight is 272 g/mol. The number of hydrogen-bond donors (Lipinski definition) is 1. The highest BCUT2D eigenvalue weighted by atomic mass is 16.3. The summed E-state index contributed by atoms with van der Waals surface area (Å²) in [7, 11) is 0. The van der Waals surface area contributed by atoms with E-state index in [1.54, 1.807) is 23.1 Å². The number of β-amino-alcohol motifs (C(OH)–C–C–N with tert-alkyl or cyclic N) is 1. The van der Waals surface area contributed by atoms with Crippen molar-refractivity contribution < 1.29 is 9.90 Å². The third kappa shape index (κ3) is 2.83. The van der Waals surface area contributed by atoms with Crippen molar-refractivity contribution in [2.24, 2.45) is 0 Å². The number of aliphatic hydroxyl groups is 1. The second kappa shape index (κ2) is 5.64. The quantitative estimate of drug-likeness (QED) is 0.893. The summed E-state index contributed by atoms with van der Waals surface area (Å²) in [6, 6.07) is 9.27. The van der Waals surface area contributed by atoms with Crippen LogP contribution < -0.4 is 0 Å². The molecule has 1 N–H and O–H groups in total. The number of amides is 1. The van der Waals surface area contributed by atoms with Gasteiger partial charge in [-0.05, 0) is 44.4 Å². The van der Waals surface area contributed by atoms with Gasteiger partial charge >= 0.3 is 0 Å². The van der Waals surface area contributed by atoms with Crippen LogP contribution in [-0.2, 0) is 10.2 Å². The first-order valence-electron chi connectivity index (χ1n) is 6.93. The summed E-state index contributed by atoms with van der Waals surface area (Å²) in [5.41, 5.74) is 0.702. The van der Waals surface area contributed by atoms with E-state index in [0.717, 1.165) is 18.4 Å². The van der Waals surface area contributed by atoms with Gasteiger partial charge < -0.3 is 10.0 Å². The summed E-state index contributed by atoms with van der Waals surface area (Å²) >= 11 is 0.